The summed E-state index contributed by atoms with van der Waals surface area (Å²) in [5, 5.41) is 0. The number of imidazole rings is 1. The molecule has 0 aliphatic carbocycles. The molecule has 0 radical (unpaired) electrons. The fourth-order valence-electron chi connectivity index (χ4n) is 5.65. The van der Waals surface area contributed by atoms with Gasteiger partial charge < -0.3 is 14.6 Å². The molecule has 2 unspecified atom stereocenters. The number of hydrogen-bond acceptors (Lipinski definition) is 3. The minimum absolute atomic E-state index is 0.344. The Kier molecular flexibility index (Phi) is 6.89. The van der Waals surface area contributed by atoms with Crippen LogP contribution in [0, 0.1) is 18.8 Å². The lowest BCUT2D eigenvalue weighted by molar-refractivity contribution is -0.133. The number of aromatic amines is 1. The molecule has 1 amide bonds. The molecule has 5 nitrogen and oxygen atoms in total. The molecule has 2 aromatic carbocycles. The number of ether oxygens (including phenoxy) is 1. The van der Waals surface area contributed by atoms with Gasteiger partial charge in [-0.05, 0) is 85.4 Å². The van der Waals surface area contributed by atoms with Crippen molar-refractivity contribution in [2.45, 2.75) is 65.2 Å². The van der Waals surface area contributed by atoms with Crippen molar-refractivity contribution in [1.29, 1.82) is 0 Å². The van der Waals surface area contributed by atoms with Crippen molar-refractivity contribution in [3.63, 3.8) is 0 Å². The Balaban J connectivity index is 1.31. The number of aromatic nitrogens is 2. The largest absolute Gasteiger partial charge is 0.493 e. The average molecular weight is 460 g/mol. The Morgan fingerprint density at radius 2 is 1.79 bits per heavy atom. The standard InChI is InChI=1S/C29H37N3O2/c1-20-16-25-17-23(24-8-10-26-27(18-24)31-21(2)30-26)9-11-28(25)34-15-12-22(20)19-29(33)32-13-6-4-3-5-7-14-32/h8-11,17-18,20,22H,3-7,12-16,19H2,1-2H3,(H,30,31). The van der Waals surface area contributed by atoms with E-state index >= 15 is 0 Å². The molecule has 1 N–H and O–H groups in total. The Labute approximate surface area is 202 Å². The van der Waals surface area contributed by atoms with Crippen molar-refractivity contribution in [1.82, 2.24) is 14.9 Å². The van der Waals surface area contributed by atoms with E-state index in [1.807, 2.05) is 6.92 Å². The Bertz CT molecular complexity index is 1140. The molecule has 2 aliphatic heterocycles. The van der Waals surface area contributed by atoms with Crippen molar-refractivity contribution < 1.29 is 9.53 Å². The first kappa shape index (κ1) is 22.9. The van der Waals surface area contributed by atoms with Crippen molar-refractivity contribution in [3.05, 3.63) is 47.8 Å². The third-order valence-corrected chi connectivity index (χ3v) is 7.73. The first-order valence-corrected chi connectivity index (χ1v) is 13.1. The van der Waals surface area contributed by atoms with Gasteiger partial charge in [0.15, 0.2) is 0 Å². The van der Waals surface area contributed by atoms with Gasteiger partial charge >= 0.3 is 0 Å². The van der Waals surface area contributed by atoms with Crippen LogP contribution in [-0.4, -0.2) is 40.5 Å². The zero-order valence-electron chi connectivity index (χ0n) is 20.6. The zero-order valence-corrected chi connectivity index (χ0v) is 20.6. The summed E-state index contributed by atoms with van der Waals surface area (Å²) in [7, 11) is 0. The molecule has 0 spiro atoms. The van der Waals surface area contributed by atoms with E-state index in [1.165, 1.54) is 36.0 Å². The predicted molar refractivity (Wildman–Crippen MR) is 137 cm³/mol. The molecule has 1 fully saturated rings. The maximum absolute atomic E-state index is 13.1. The van der Waals surface area contributed by atoms with Crippen LogP contribution in [0.3, 0.4) is 0 Å². The van der Waals surface area contributed by atoms with Crippen LogP contribution >= 0.6 is 0 Å². The summed E-state index contributed by atoms with van der Waals surface area (Å²) < 4.78 is 6.19. The molecule has 34 heavy (non-hydrogen) atoms. The van der Waals surface area contributed by atoms with Gasteiger partial charge in [-0.1, -0.05) is 38.3 Å². The minimum Gasteiger partial charge on any atom is -0.493 e. The summed E-state index contributed by atoms with van der Waals surface area (Å²) >= 11 is 0. The number of nitrogens with zero attached hydrogens (tertiary/aromatic N) is 2. The number of carbonyl (C=O) groups is 1. The summed E-state index contributed by atoms with van der Waals surface area (Å²) in [6.45, 7) is 6.84. The fourth-order valence-corrected chi connectivity index (χ4v) is 5.65. The maximum Gasteiger partial charge on any atom is 0.222 e. The molecule has 2 atom stereocenters. The molecule has 1 saturated heterocycles. The molecule has 0 bridgehead atoms. The number of amides is 1. The highest BCUT2D eigenvalue weighted by Crippen LogP contribution is 2.35. The maximum atomic E-state index is 13.1. The van der Waals surface area contributed by atoms with E-state index in [9.17, 15) is 4.79 Å². The highest BCUT2D eigenvalue weighted by molar-refractivity contribution is 5.82. The average Bonchev–Trinajstić information content (AvgIpc) is 3.17. The van der Waals surface area contributed by atoms with E-state index in [2.05, 4.69) is 58.2 Å². The van der Waals surface area contributed by atoms with Gasteiger partial charge in [0.05, 0.1) is 17.6 Å². The summed E-state index contributed by atoms with van der Waals surface area (Å²) in [4.78, 5) is 23.1. The van der Waals surface area contributed by atoms with Crippen molar-refractivity contribution in [2.75, 3.05) is 19.7 Å². The summed E-state index contributed by atoms with van der Waals surface area (Å²) in [5.41, 5.74) is 5.68. The summed E-state index contributed by atoms with van der Waals surface area (Å²) in [6, 6.07) is 12.9. The van der Waals surface area contributed by atoms with Gasteiger partial charge in [0, 0.05) is 19.5 Å². The SMILES string of the molecule is Cc1nc2ccc(-c3ccc4c(c3)CC(C)C(CC(=O)N3CCCCCCC3)CCO4)cc2[nH]1. The lowest BCUT2D eigenvalue weighted by Crippen LogP contribution is -2.36. The number of rotatable bonds is 3. The van der Waals surface area contributed by atoms with E-state index < -0.39 is 0 Å². The number of likely N-dealkylation sites (tertiary alicyclic amines) is 1. The van der Waals surface area contributed by atoms with Gasteiger partial charge in [-0.3, -0.25) is 4.79 Å². The highest BCUT2D eigenvalue weighted by Gasteiger charge is 2.27. The normalized spacial score (nSPS) is 21.6. The molecule has 3 heterocycles. The van der Waals surface area contributed by atoms with E-state index in [-0.39, 0.29) is 0 Å². The molecule has 2 aliphatic rings. The molecule has 180 valence electrons. The van der Waals surface area contributed by atoms with Crippen LogP contribution in [0.25, 0.3) is 22.2 Å². The Morgan fingerprint density at radius 1 is 1.06 bits per heavy atom. The van der Waals surface area contributed by atoms with Gasteiger partial charge in [0.2, 0.25) is 5.91 Å². The second-order valence-electron chi connectivity index (χ2n) is 10.3. The lowest BCUT2D eigenvalue weighted by Gasteiger charge is -2.31. The van der Waals surface area contributed by atoms with Crippen LogP contribution in [0.4, 0.5) is 0 Å². The van der Waals surface area contributed by atoms with Gasteiger partial charge in [-0.2, -0.15) is 0 Å². The van der Waals surface area contributed by atoms with Crippen LogP contribution in [0.1, 0.15) is 63.3 Å². The van der Waals surface area contributed by atoms with E-state index in [1.54, 1.807) is 0 Å². The van der Waals surface area contributed by atoms with Gasteiger partial charge in [0.1, 0.15) is 11.6 Å². The van der Waals surface area contributed by atoms with Gasteiger partial charge in [-0.25, -0.2) is 4.98 Å². The number of H-pyrrole nitrogens is 1. The number of hydrogen-bond donors (Lipinski definition) is 1. The predicted octanol–water partition coefficient (Wildman–Crippen LogP) is 6.30. The van der Waals surface area contributed by atoms with Crippen molar-refractivity contribution >= 4 is 16.9 Å². The quantitative estimate of drug-likeness (QED) is 0.500. The van der Waals surface area contributed by atoms with Gasteiger partial charge in [0.25, 0.3) is 0 Å². The van der Waals surface area contributed by atoms with Crippen molar-refractivity contribution in [3.8, 4) is 16.9 Å². The number of benzene rings is 2. The number of fused-ring (bicyclic) bond motifs is 2. The summed E-state index contributed by atoms with van der Waals surface area (Å²) in [5.74, 6) is 3.07. The smallest absolute Gasteiger partial charge is 0.222 e. The third-order valence-electron chi connectivity index (χ3n) is 7.73. The third kappa shape index (κ3) is 5.13. The Morgan fingerprint density at radius 3 is 2.62 bits per heavy atom. The lowest BCUT2D eigenvalue weighted by atomic mass is 9.82. The second kappa shape index (κ2) is 10.2. The Hall–Kier alpha value is -2.82. The van der Waals surface area contributed by atoms with Crippen LogP contribution in [0.2, 0.25) is 0 Å². The van der Waals surface area contributed by atoms with Crippen LogP contribution in [0.15, 0.2) is 36.4 Å². The molecule has 1 aromatic heterocycles. The second-order valence-corrected chi connectivity index (χ2v) is 10.3. The van der Waals surface area contributed by atoms with E-state index in [0.29, 0.717) is 30.8 Å². The monoisotopic (exact) mass is 459 g/mol. The number of carbonyl (C=O) groups excluding carboxylic acids is 1. The van der Waals surface area contributed by atoms with E-state index in [0.717, 1.165) is 61.4 Å². The van der Waals surface area contributed by atoms with Gasteiger partial charge in [-0.15, -0.1) is 0 Å². The zero-order chi connectivity index (χ0) is 23.5. The highest BCUT2D eigenvalue weighted by atomic mass is 16.5. The van der Waals surface area contributed by atoms with Crippen LogP contribution in [-0.2, 0) is 11.2 Å². The topological polar surface area (TPSA) is 58.2 Å². The van der Waals surface area contributed by atoms with E-state index in [4.69, 9.17) is 4.74 Å². The fraction of sp³-hybridized carbons (Fsp3) is 0.517. The summed E-state index contributed by atoms with van der Waals surface area (Å²) in [6.07, 6.45) is 8.65. The molecule has 3 aromatic rings. The molecular weight excluding hydrogens is 422 g/mol. The first-order chi connectivity index (χ1) is 16.6. The number of aryl methyl sites for hydroxylation is 1. The first-order valence-electron chi connectivity index (χ1n) is 13.1. The molecule has 0 saturated carbocycles. The minimum atomic E-state index is 0.344. The molecule has 5 heteroatoms. The van der Waals surface area contributed by atoms with Crippen LogP contribution < -0.4 is 4.74 Å². The van der Waals surface area contributed by atoms with Crippen molar-refractivity contribution in [2.24, 2.45) is 11.8 Å². The van der Waals surface area contributed by atoms with Crippen LogP contribution in [0.5, 0.6) is 5.75 Å². The molecule has 5 rings (SSSR count). The number of nitrogens with one attached hydrogen (secondary N) is 1. The molecular formula is C29H37N3O2.